The van der Waals surface area contributed by atoms with Crippen molar-refractivity contribution in [3.63, 3.8) is 0 Å². The highest BCUT2D eigenvalue weighted by molar-refractivity contribution is 7.91. The molecule has 2 fully saturated rings. The molecule has 20 heavy (non-hydrogen) atoms. The number of rotatable bonds is 3. The molecule has 0 amide bonds. The largest absolute Gasteiger partial charge is 0.301 e. The van der Waals surface area contributed by atoms with Crippen LogP contribution in [-0.2, 0) is 9.84 Å². The second-order valence-corrected chi connectivity index (χ2v) is 9.20. The van der Waals surface area contributed by atoms with Gasteiger partial charge in [-0.15, -0.1) is 0 Å². The third-order valence-corrected chi connectivity index (χ3v) is 6.56. The first-order valence-corrected chi connectivity index (χ1v) is 9.48. The van der Waals surface area contributed by atoms with Gasteiger partial charge < -0.3 is 5.32 Å². The zero-order chi connectivity index (χ0) is 15.0. The fourth-order valence-corrected chi connectivity index (χ4v) is 4.40. The number of hydrogen-bond acceptors (Lipinski definition) is 5. The van der Waals surface area contributed by atoms with Gasteiger partial charge in [0.1, 0.15) is 0 Å². The fourth-order valence-electron chi connectivity index (χ4n) is 3.20. The lowest BCUT2D eigenvalue weighted by Crippen LogP contribution is -2.65. The van der Waals surface area contributed by atoms with Gasteiger partial charge in [-0.1, -0.05) is 13.8 Å². The minimum Gasteiger partial charge on any atom is -0.301 e. The van der Waals surface area contributed by atoms with E-state index in [-0.39, 0.29) is 5.66 Å². The Morgan fingerprint density at radius 1 is 1.10 bits per heavy atom. The monoisotopic (exact) mass is 303 g/mol. The maximum Gasteiger partial charge on any atom is 0.152 e. The van der Waals surface area contributed by atoms with Crippen LogP contribution < -0.4 is 5.32 Å². The Bertz CT molecular complexity index is 412. The van der Waals surface area contributed by atoms with E-state index in [0.29, 0.717) is 36.6 Å². The predicted octanol–water partition coefficient (Wildman–Crippen LogP) is 0.730. The summed E-state index contributed by atoms with van der Waals surface area (Å²) in [4.78, 5) is 4.75. The first-order valence-electron chi connectivity index (χ1n) is 7.66. The molecule has 0 aromatic rings. The molecule has 0 aromatic heterocycles. The standard InChI is InChI=1S/C14H29N3O2S/c1-12(2)13-5-6-17(11-15-13)14(3,4)16-7-9-20(18,19)10-8-16/h12-13,15H,5-11H2,1-4H3. The van der Waals surface area contributed by atoms with Crippen LogP contribution in [-0.4, -0.2) is 67.7 Å². The van der Waals surface area contributed by atoms with Crippen molar-refractivity contribution in [2.75, 3.05) is 37.8 Å². The van der Waals surface area contributed by atoms with Crippen molar-refractivity contribution in [3.8, 4) is 0 Å². The van der Waals surface area contributed by atoms with Crippen LogP contribution in [0.4, 0.5) is 0 Å². The number of nitrogens with one attached hydrogen (secondary N) is 1. The Hall–Kier alpha value is -0.170. The Balaban J connectivity index is 1.94. The van der Waals surface area contributed by atoms with Crippen LogP contribution in [0.5, 0.6) is 0 Å². The lowest BCUT2D eigenvalue weighted by Gasteiger charge is -2.50. The van der Waals surface area contributed by atoms with E-state index in [2.05, 4.69) is 42.8 Å². The molecule has 1 unspecified atom stereocenters. The van der Waals surface area contributed by atoms with E-state index in [1.165, 1.54) is 0 Å². The maximum absolute atomic E-state index is 11.6. The second kappa shape index (κ2) is 5.91. The van der Waals surface area contributed by atoms with Crippen molar-refractivity contribution >= 4 is 9.84 Å². The van der Waals surface area contributed by atoms with Gasteiger partial charge in [-0.05, 0) is 26.2 Å². The lowest BCUT2D eigenvalue weighted by molar-refractivity contribution is -0.0502. The highest BCUT2D eigenvalue weighted by atomic mass is 32.2. The van der Waals surface area contributed by atoms with Gasteiger partial charge in [-0.25, -0.2) is 8.42 Å². The Morgan fingerprint density at radius 2 is 1.70 bits per heavy atom. The molecule has 2 aliphatic heterocycles. The van der Waals surface area contributed by atoms with Gasteiger partial charge in [0.2, 0.25) is 0 Å². The van der Waals surface area contributed by atoms with Gasteiger partial charge in [0.05, 0.1) is 17.2 Å². The van der Waals surface area contributed by atoms with Gasteiger partial charge in [0, 0.05) is 32.3 Å². The van der Waals surface area contributed by atoms with Crippen LogP contribution in [0.15, 0.2) is 0 Å². The van der Waals surface area contributed by atoms with Crippen LogP contribution in [0, 0.1) is 5.92 Å². The fraction of sp³-hybridized carbons (Fsp3) is 1.00. The molecule has 5 nitrogen and oxygen atoms in total. The highest BCUT2D eigenvalue weighted by Gasteiger charge is 2.38. The zero-order valence-electron chi connectivity index (χ0n) is 13.2. The summed E-state index contributed by atoms with van der Waals surface area (Å²) in [5.74, 6) is 1.26. The van der Waals surface area contributed by atoms with Crippen molar-refractivity contribution in [2.45, 2.75) is 45.8 Å². The smallest absolute Gasteiger partial charge is 0.152 e. The lowest BCUT2D eigenvalue weighted by atomic mass is 9.98. The van der Waals surface area contributed by atoms with Gasteiger partial charge in [-0.3, -0.25) is 9.80 Å². The topological polar surface area (TPSA) is 52.7 Å². The third kappa shape index (κ3) is 3.53. The van der Waals surface area contributed by atoms with E-state index in [4.69, 9.17) is 0 Å². The molecule has 0 bridgehead atoms. The molecule has 2 rings (SSSR count). The van der Waals surface area contributed by atoms with E-state index in [9.17, 15) is 8.42 Å². The summed E-state index contributed by atoms with van der Waals surface area (Å²) in [7, 11) is -2.80. The van der Waals surface area contributed by atoms with Gasteiger partial charge in [0.25, 0.3) is 0 Å². The minimum absolute atomic E-state index is 0.0785. The third-order valence-electron chi connectivity index (χ3n) is 4.95. The van der Waals surface area contributed by atoms with Crippen molar-refractivity contribution in [3.05, 3.63) is 0 Å². The molecule has 0 aromatic carbocycles. The van der Waals surface area contributed by atoms with Gasteiger partial charge in [0.15, 0.2) is 9.84 Å². The molecule has 1 N–H and O–H groups in total. The van der Waals surface area contributed by atoms with Crippen molar-refractivity contribution in [1.29, 1.82) is 0 Å². The Kier molecular flexibility index (Phi) is 4.79. The molecule has 0 saturated carbocycles. The van der Waals surface area contributed by atoms with Crippen LogP contribution >= 0.6 is 0 Å². The zero-order valence-corrected chi connectivity index (χ0v) is 14.0. The molecule has 118 valence electrons. The molecule has 1 atom stereocenters. The quantitative estimate of drug-likeness (QED) is 0.833. The molecule has 2 saturated heterocycles. The van der Waals surface area contributed by atoms with Crippen LogP contribution in [0.1, 0.15) is 34.1 Å². The summed E-state index contributed by atoms with van der Waals surface area (Å²) < 4.78 is 23.1. The van der Waals surface area contributed by atoms with E-state index >= 15 is 0 Å². The van der Waals surface area contributed by atoms with E-state index in [1.807, 2.05) is 0 Å². The summed E-state index contributed by atoms with van der Waals surface area (Å²) in [6.45, 7) is 12.2. The molecule has 2 heterocycles. The molecular weight excluding hydrogens is 274 g/mol. The summed E-state index contributed by atoms with van der Waals surface area (Å²) in [6, 6.07) is 0.601. The number of nitrogens with zero attached hydrogens (tertiary/aromatic N) is 2. The second-order valence-electron chi connectivity index (χ2n) is 6.90. The summed E-state index contributed by atoms with van der Waals surface area (Å²) >= 11 is 0. The van der Waals surface area contributed by atoms with Crippen LogP contribution in [0.2, 0.25) is 0 Å². The van der Waals surface area contributed by atoms with Crippen molar-refractivity contribution in [1.82, 2.24) is 15.1 Å². The summed E-state index contributed by atoms with van der Waals surface area (Å²) in [5, 5.41) is 3.61. The summed E-state index contributed by atoms with van der Waals surface area (Å²) in [5.41, 5.74) is -0.0785. The maximum atomic E-state index is 11.6. The molecule has 6 heteroatoms. The SMILES string of the molecule is CC(C)C1CCN(C(C)(C)N2CCS(=O)(=O)CC2)CN1. The van der Waals surface area contributed by atoms with Crippen LogP contribution in [0.25, 0.3) is 0 Å². The highest BCUT2D eigenvalue weighted by Crippen LogP contribution is 2.25. The molecule has 0 radical (unpaired) electrons. The van der Waals surface area contributed by atoms with Crippen molar-refractivity contribution in [2.24, 2.45) is 5.92 Å². The first kappa shape index (κ1) is 16.2. The van der Waals surface area contributed by atoms with E-state index in [1.54, 1.807) is 0 Å². The predicted molar refractivity (Wildman–Crippen MR) is 82.3 cm³/mol. The Morgan fingerprint density at radius 3 is 2.15 bits per heavy atom. The first-order chi connectivity index (χ1) is 9.22. The molecule has 0 aliphatic carbocycles. The Labute approximate surface area is 123 Å². The number of hydrogen-bond donors (Lipinski definition) is 1. The average molecular weight is 303 g/mol. The van der Waals surface area contributed by atoms with Crippen molar-refractivity contribution < 1.29 is 8.42 Å². The molecule has 2 aliphatic rings. The minimum atomic E-state index is -2.80. The summed E-state index contributed by atoms with van der Waals surface area (Å²) in [6.07, 6.45) is 1.16. The van der Waals surface area contributed by atoms with E-state index in [0.717, 1.165) is 19.6 Å². The average Bonchev–Trinajstić information content (AvgIpc) is 2.38. The molecule has 0 spiro atoms. The van der Waals surface area contributed by atoms with Crippen LogP contribution in [0.3, 0.4) is 0 Å². The normalized spacial score (nSPS) is 29.8. The van der Waals surface area contributed by atoms with Gasteiger partial charge in [-0.2, -0.15) is 0 Å². The van der Waals surface area contributed by atoms with E-state index < -0.39 is 9.84 Å². The molecular formula is C14H29N3O2S. The van der Waals surface area contributed by atoms with Gasteiger partial charge >= 0.3 is 0 Å². The number of sulfone groups is 1.